The number of likely N-dealkylation sites (N-methyl/N-ethyl adjacent to an activating group) is 1. The van der Waals surface area contributed by atoms with E-state index in [-0.39, 0.29) is 5.91 Å². The number of carbonyl (C=O) groups is 1. The Morgan fingerprint density at radius 1 is 1.17 bits per heavy atom. The lowest BCUT2D eigenvalue weighted by molar-refractivity contribution is 0.102. The van der Waals surface area contributed by atoms with E-state index in [1.807, 2.05) is 14.1 Å². The maximum Gasteiger partial charge on any atom is 0.257 e. The molecule has 1 aromatic heterocycles. The molecule has 0 saturated heterocycles. The van der Waals surface area contributed by atoms with Gasteiger partial charge in [-0.3, -0.25) is 4.79 Å². The maximum atomic E-state index is 12.2. The molecule has 0 spiro atoms. The number of nitrogens with zero attached hydrogens (tertiary/aromatic N) is 2. The van der Waals surface area contributed by atoms with Crippen LogP contribution in [-0.2, 0) is 0 Å². The number of halogens is 2. The number of amides is 1. The third-order valence-electron chi connectivity index (χ3n) is 3.09. The normalized spacial score (nSPS) is 10.7. The Hall–Kier alpha value is -1.82. The van der Waals surface area contributed by atoms with Crippen LogP contribution in [0.3, 0.4) is 0 Å². The highest BCUT2D eigenvalue weighted by molar-refractivity contribution is 6.40. The summed E-state index contributed by atoms with van der Waals surface area (Å²) in [5.74, 6) is 0.409. The monoisotopic (exact) mass is 352 g/mol. The van der Waals surface area contributed by atoms with Gasteiger partial charge >= 0.3 is 0 Å². The van der Waals surface area contributed by atoms with Gasteiger partial charge in [0.15, 0.2) is 0 Å². The Kier molecular flexibility index (Phi) is 6.21. The molecule has 0 aliphatic rings. The van der Waals surface area contributed by atoms with Crippen LogP contribution >= 0.6 is 23.2 Å². The molecule has 7 heteroatoms. The molecular formula is C16H18Cl2N4O. The summed E-state index contributed by atoms with van der Waals surface area (Å²) in [5.41, 5.74) is 0.827. The molecule has 23 heavy (non-hydrogen) atoms. The van der Waals surface area contributed by atoms with Crippen LogP contribution in [0.2, 0.25) is 10.0 Å². The Morgan fingerprint density at radius 3 is 2.43 bits per heavy atom. The van der Waals surface area contributed by atoms with Crippen molar-refractivity contribution in [3.63, 3.8) is 0 Å². The molecule has 2 rings (SSSR count). The molecule has 0 fully saturated rings. The Balaban J connectivity index is 2.00. The van der Waals surface area contributed by atoms with Crippen molar-refractivity contribution in [1.29, 1.82) is 0 Å². The molecule has 0 radical (unpaired) electrons. The van der Waals surface area contributed by atoms with E-state index in [2.05, 4.69) is 20.5 Å². The second kappa shape index (κ2) is 8.15. The number of rotatable bonds is 6. The first-order valence-electron chi connectivity index (χ1n) is 7.07. The van der Waals surface area contributed by atoms with Crippen molar-refractivity contribution >= 4 is 40.6 Å². The molecule has 2 N–H and O–H groups in total. The van der Waals surface area contributed by atoms with E-state index in [0.29, 0.717) is 21.3 Å². The standard InChI is InChI=1S/C16H18Cl2N4O/c1-22(2)9-8-19-14-7-6-11(10-20-14)16(23)21-15-12(17)4-3-5-13(15)18/h3-7,10H,8-9H2,1-2H3,(H,19,20)(H,21,23). The van der Waals surface area contributed by atoms with E-state index in [1.54, 1.807) is 30.3 Å². The first kappa shape index (κ1) is 17.5. The fourth-order valence-electron chi connectivity index (χ4n) is 1.84. The number of carbonyl (C=O) groups excluding carboxylic acids is 1. The van der Waals surface area contributed by atoms with Gasteiger partial charge in [0, 0.05) is 19.3 Å². The second-order valence-electron chi connectivity index (χ2n) is 5.21. The van der Waals surface area contributed by atoms with Gasteiger partial charge < -0.3 is 15.5 Å². The fraction of sp³-hybridized carbons (Fsp3) is 0.250. The van der Waals surface area contributed by atoms with Gasteiger partial charge in [-0.15, -0.1) is 0 Å². The summed E-state index contributed by atoms with van der Waals surface area (Å²) >= 11 is 12.1. The minimum atomic E-state index is -0.313. The van der Waals surface area contributed by atoms with Crippen molar-refractivity contribution < 1.29 is 4.79 Å². The first-order valence-corrected chi connectivity index (χ1v) is 7.83. The molecule has 1 heterocycles. The van der Waals surface area contributed by atoms with Crippen LogP contribution in [-0.4, -0.2) is 43.0 Å². The summed E-state index contributed by atoms with van der Waals surface area (Å²) in [6.45, 7) is 1.68. The Labute approximate surface area is 145 Å². The van der Waals surface area contributed by atoms with Gasteiger partial charge in [-0.05, 0) is 38.4 Å². The SMILES string of the molecule is CN(C)CCNc1ccc(C(=O)Nc2c(Cl)cccc2Cl)cn1. The molecule has 1 aromatic carbocycles. The number of nitrogens with one attached hydrogen (secondary N) is 2. The van der Waals surface area contributed by atoms with Crippen molar-refractivity contribution in [3.8, 4) is 0 Å². The predicted molar refractivity (Wildman–Crippen MR) is 95.7 cm³/mol. The van der Waals surface area contributed by atoms with Gasteiger partial charge in [-0.1, -0.05) is 29.3 Å². The zero-order valence-electron chi connectivity index (χ0n) is 12.9. The zero-order valence-corrected chi connectivity index (χ0v) is 14.4. The van der Waals surface area contributed by atoms with Crippen molar-refractivity contribution in [2.75, 3.05) is 37.8 Å². The van der Waals surface area contributed by atoms with Gasteiger partial charge in [-0.2, -0.15) is 0 Å². The maximum absolute atomic E-state index is 12.2. The number of hydrogen-bond donors (Lipinski definition) is 2. The van der Waals surface area contributed by atoms with E-state index in [9.17, 15) is 4.79 Å². The average Bonchev–Trinajstić information content (AvgIpc) is 2.51. The number of benzene rings is 1. The smallest absolute Gasteiger partial charge is 0.257 e. The van der Waals surface area contributed by atoms with E-state index in [1.165, 1.54) is 6.20 Å². The average molecular weight is 353 g/mol. The van der Waals surface area contributed by atoms with Crippen molar-refractivity contribution in [2.24, 2.45) is 0 Å². The third-order valence-corrected chi connectivity index (χ3v) is 3.72. The molecule has 0 bridgehead atoms. The molecule has 5 nitrogen and oxygen atoms in total. The number of hydrogen-bond acceptors (Lipinski definition) is 4. The molecule has 122 valence electrons. The summed E-state index contributed by atoms with van der Waals surface area (Å²) in [6, 6.07) is 8.51. The lowest BCUT2D eigenvalue weighted by Gasteiger charge is -2.11. The van der Waals surface area contributed by atoms with Crippen LogP contribution < -0.4 is 10.6 Å². The zero-order chi connectivity index (χ0) is 16.8. The van der Waals surface area contributed by atoms with E-state index < -0.39 is 0 Å². The highest BCUT2D eigenvalue weighted by Gasteiger charge is 2.11. The third kappa shape index (κ3) is 5.10. The molecule has 0 atom stereocenters. The molecule has 2 aromatic rings. The summed E-state index contributed by atoms with van der Waals surface area (Å²) in [7, 11) is 4.00. The summed E-state index contributed by atoms with van der Waals surface area (Å²) in [4.78, 5) is 18.5. The van der Waals surface area contributed by atoms with Crippen LogP contribution in [0.5, 0.6) is 0 Å². The highest BCUT2D eigenvalue weighted by atomic mass is 35.5. The predicted octanol–water partition coefficient (Wildman–Crippen LogP) is 3.61. The molecule has 0 saturated carbocycles. The van der Waals surface area contributed by atoms with Crippen LogP contribution in [0.1, 0.15) is 10.4 Å². The van der Waals surface area contributed by atoms with Gasteiger partial charge in [-0.25, -0.2) is 4.98 Å². The van der Waals surface area contributed by atoms with Gasteiger partial charge in [0.2, 0.25) is 0 Å². The minimum absolute atomic E-state index is 0.313. The van der Waals surface area contributed by atoms with Crippen molar-refractivity contribution in [2.45, 2.75) is 0 Å². The summed E-state index contributed by atoms with van der Waals surface area (Å²) in [6.07, 6.45) is 1.51. The van der Waals surface area contributed by atoms with Gasteiger partial charge in [0.25, 0.3) is 5.91 Å². The van der Waals surface area contributed by atoms with Gasteiger partial charge in [0.05, 0.1) is 21.3 Å². The minimum Gasteiger partial charge on any atom is -0.369 e. The topological polar surface area (TPSA) is 57.3 Å². The molecule has 0 aliphatic carbocycles. The van der Waals surface area contributed by atoms with Crippen LogP contribution in [0, 0.1) is 0 Å². The highest BCUT2D eigenvalue weighted by Crippen LogP contribution is 2.30. The van der Waals surface area contributed by atoms with E-state index in [4.69, 9.17) is 23.2 Å². The largest absolute Gasteiger partial charge is 0.369 e. The van der Waals surface area contributed by atoms with Crippen LogP contribution in [0.15, 0.2) is 36.5 Å². The molecule has 0 unspecified atom stereocenters. The number of anilines is 2. The fourth-order valence-corrected chi connectivity index (χ4v) is 2.34. The van der Waals surface area contributed by atoms with E-state index >= 15 is 0 Å². The Bertz CT molecular complexity index is 654. The number of aromatic nitrogens is 1. The summed E-state index contributed by atoms with van der Waals surface area (Å²) in [5, 5.41) is 6.67. The van der Waals surface area contributed by atoms with Crippen LogP contribution in [0.4, 0.5) is 11.5 Å². The second-order valence-corrected chi connectivity index (χ2v) is 6.03. The first-order chi connectivity index (χ1) is 11.0. The Morgan fingerprint density at radius 2 is 1.87 bits per heavy atom. The van der Waals surface area contributed by atoms with Crippen molar-refractivity contribution in [1.82, 2.24) is 9.88 Å². The van der Waals surface area contributed by atoms with E-state index in [0.717, 1.165) is 18.9 Å². The summed E-state index contributed by atoms with van der Waals surface area (Å²) < 4.78 is 0. The molecule has 0 aliphatic heterocycles. The van der Waals surface area contributed by atoms with Gasteiger partial charge in [0.1, 0.15) is 5.82 Å². The number of para-hydroxylation sites is 1. The quantitative estimate of drug-likeness (QED) is 0.833. The number of pyridine rings is 1. The van der Waals surface area contributed by atoms with Crippen LogP contribution in [0.25, 0.3) is 0 Å². The lowest BCUT2D eigenvalue weighted by atomic mass is 10.2. The molecular weight excluding hydrogens is 335 g/mol. The lowest BCUT2D eigenvalue weighted by Crippen LogP contribution is -2.21. The van der Waals surface area contributed by atoms with Crippen molar-refractivity contribution in [3.05, 3.63) is 52.1 Å². The molecule has 1 amide bonds.